The van der Waals surface area contributed by atoms with Crippen LogP contribution in [-0.4, -0.2) is 52.2 Å². The molecule has 0 radical (unpaired) electrons. The van der Waals surface area contributed by atoms with Crippen LogP contribution in [0.15, 0.2) is 41.3 Å². The third-order valence-electron chi connectivity index (χ3n) is 6.59. The quantitative estimate of drug-likeness (QED) is 0.364. The molecule has 5 N–H and O–H groups in total. The molecular formula is C23H31N7O3. The number of aromatic nitrogens is 2. The number of aryl methyl sites for hydroxylation is 1. The summed E-state index contributed by atoms with van der Waals surface area (Å²) in [5.74, 6) is -0.176. The number of benzene rings is 1. The summed E-state index contributed by atoms with van der Waals surface area (Å²) >= 11 is 0. The number of rotatable bonds is 7. The van der Waals surface area contributed by atoms with E-state index in [2.05, 4.69) is 27.8 Å². The van der Waals surface area contributed by atoms with Gasteiger partial charge in [0.25, 0.3) is 5.56 Å². The van der Waals surface area contributed by atoms with Crippen LogP contribution in [0.3, 0.4) is 0 Å². The van der Waals surface area contributed by atoms with Crippen molar-refractivity contribution in [1.29, 1.82) is 5.41 Å². The van der Waals surface area contributed by atoms with E-state index in [0.717, 1.165) is 19.3 Å². The summed E-state index contributed by atoms with van der Waals surface area (Å²) in [7, 11) is 0. The second-order valence-electron chi connectivity index (χ2n) is 8.83. The smallest absolute Gasteiger partial charge is 0.293 e. The number of nitrogens with one attached hydrogen (secondary N) is 3. The number of guanidine groups is 1. The monoisotopic (exact) mass is 453 g/mol. The molecule has 1 unspecified atom stereocenters. The lowest BCUT2D eigenvalue weighted by Crippen LogP contribution is -2.50. The summed E-state index contributed by atoms with van der Waals surface area (Å²) in [6.07, 6.45) is 5.51. The van der Waals surface area contributed by atoms with Gasteiger partial charge in [0, 0.05) is 23.9 Å². The summed E-state index contributed by atoms with van der Waals surface area (Å²) in [4.78, 5) is 35.4. The standard InChI is InChI=1S/C23H31N7O3/c1-16-12-26-20(27-15-23(9-5-10-23)17-6-3-2-4-7-17)21(32)29(16)13-19(31)28-18-8-11-30(22(24)25)33-14-18/h2-4,6-7,12,18H,5,8-11,13-15H2,1H3,(H3,24,25)(H,26,27)(H,28,31). The maximum Gasteiger partial charge on any atom is 0.293 e. The van der Waals surface area contributed by atoms with E-state index in [1.165, 1.54) is 15.2 Å². The van der Waals surface area contributed by atoms with Crippen molar-refractivity contribution in [2.24, 2.45) is 5.73 Å². The Morgan fingerprint density at radius 1 is 1.33 bits per heavy atom. The lowest BCUT2D eigenvalue weighted by molar-refractivity contribution is -0.143. The summed E-state index contributed by atoms with van der Waals surface area (Å²) in [6, 6.07) is 10.2. The maximum atomic E-state index is 13.1. The fourth-order valence-electron chi connectivity index (χ4n) is 4.43. The van der Waals surface area contributed by atoms with E-state index in [0.29, 0.717) is 25.2 Å². The van der Waals surface area contributed by atoms with Gasteiger partial charge in [-0.25, -0.2) is 10.0 Å². The zero-order chi connectivity index (χ0) is 23.4. The van der Waals surface area contributed by atoms with Gasteiger partial charge in [0.2, 0.25) is 11.9 Å². The van der Waals surface area contributed by atoms with Crippen molar-refractivity contribution in [3.05, 3.63) is 58.1 Å². The van der Waals surface area contributed by atoms with Gasteiger partial charge in [0.05, 0.1) is 19.2 Å². The van der Waals surface area contributed by atoms with Gasteiger partial charge < -0.3 is 16.4 Å². The van der Waals surface area contributed by atoms with Crippen molar-refractivity contribution in [1.82, 2.24) is 19.9 Å². The van der Waals surface area contributed by atoms with E-state index >= 15 is 0 Å². The number of carbonyl (C=O) groups excluding carboxylic acids is 1. The van der Waals surface area contributed by atoms with E-state index < -0.39 is 0 Å². The van der Waals surface area contributed by atoms with E-state index in [-0.39, 0.29) is 47.9 Å². The number of hydrogen-bond donors (Lipinski definition) is 4. The zero-order valence-electron chi connectivity index (χ0n) is 18.8. The molecule has 1 amide bonds. The highest BCUT2D eigenvalue weighted by molar-refractivity contribution is 5.76. The number of nitrogens with two attached hydrogens (primary N) is 1. The first-order valence-corrected chi connectivity index (χ1v) is 11.3. The van der Waals surface area contributed by atoms with Gasteiger partial charge in [-0.1, -0.05) is 36.8 Å². The summed E-state index contributed by atoms with van der Waals surface area (Å²) in [5, 5.41) is 14.8. The molecule has 1 aliphatic carbocycles. The van der Waals surface area contributed by atoms with Gasteiger partial charge in [0.1, 0.15) is 6.54 Å². The molecule has 2 aromatic rings. The van der Waals surface area contributed by atoms with Crippen molar-refractivity contribution in [3.8, 4) is 0 Å². The zero-order valence-corrected chi connectivity index (χ0v) is 18.8. The Bertz CT molecular complexity index is 1060. The van der Waals surface area contributed by atoms with Crippen LogP contribution in [0, 0.1) is 12.3 Å². The van der Waals surface area contributed by atoms with Gasteiger partial charge >= 0.3 is 0 Å². The molecule has 33 heavy (non-hydrogen) atoms. The Balaban J connectivity index is 1.39. The van der Waals surface area contributed by atoms with Crippen molar-refractivity contribution in [2.75, 3.05) is 25.0 Å². The van der Waals surface area contributed by atoms with Gasteiger partial charge in [-0.2, -0.15) is 0 Å². The minimum atomic E-state index is -0.310. The molecule has 1 aromatic carbocycles. The maximum absolute atomic E-state index is 13.1. The van der Waals surface area contributed by atoms with Crippen LogP contribution >= 0.6 is 0 Å². The van der Waals surface area contributed by atoms with Crippen LogP contribution in [0.2, 0.25) is 0 Å². The van der Waals surface area contributed by atoms with Crippen molar-refractivity contribution in [2.45, 2.75) is 50.6 Å². The molecule has 10 heteroatoms. The number of amides is 1. The molecule has 176 valence electrons. The van der Waals surface area contributed by atoms with E-state index in [9.17, 15) is 9.59 Å². The molecule has 2 heterocycles. The molecular weight excluding hydrogens is 422 g/mol. The number of carbonyl (C=O) groups is 1. The SMILES string of the molecule is Cc1cnc(NCC2(c3ccccc3)CCC2)c(=O)n1CC(=O)NC1CCN(C(=N)N)OC1. The predicted molar refractivity (Wildman–Crippen MR) is 125 cm³/mol. The summed E-state index contributed by atoms with van der Waals surface area (Å²) < 4.78 is 1.44. The van der Waals surface area contributed by atoms with E-state index in [1.54, 1.807) is 13.1 Å². The van der Waals surface area contributed by atoms with Gasteiger partial charge in [-0.3, -0.25) is 24.4 Å². The lowest BCUT2D eigenvalue weighted by Gasteiger charge is -2.42. The highest BCUT2D eigenvalue weighted by Crippen LogP contribution is 2.43. The highest BCUT2D eigenvalue weighted by atomic mass is 16.7. The summed E-state index contributed by atoms with van der Waals surface area (Å²) in [5.41, 5.74) is 7.00. The Kier molecular flexibility index (Phi) is 6.64. The third-order valence-corrected chi connectivity index (χ3v) is 6.59. The molecule has 1 atom stereocenters. The number of hydrogen-bond acceptors (Lipinski definition) is 6. The van der Waals surface area contributed by atoms with Crippen molar-refractivity contribution < 1.29 is 9.63 Å². The van der Waals surface area contributed by atoms with Crippen molar-refractivity contribution in [3.63, 3.8) is 0 Å². The van der Waals surface area contributed by atoms with E-state index in [4.69, 9.17) is 16.0 Å². The predicted octanol–water partition coefficient (Wildman–Crippen LogP) is 1.10. The minimum Gasteiger partial charge on any atom is -0.368 e. The van der Waals surface area contributed by atoms with Gasteiger partial charge in [0.15, 0.2) is 5.82 Å². The molecule has 0 bridgehead atoms. The largest absolute Gasteiger partial charge is 0.368 e. The van der Waals surface area contributed by atoms with Crippen LogP contribution in [0.5, 0.6) is 0 Å². The van der Waals surface area contributed by atoms with Crippen LogP contribution in [0.4, 0.5) is 5.82 Å². The molecule has 1 saturated carbocycles. The molecule has 2 aliphatic rings. The fourth-order valence-corrected chi connectivity index (χ4v) is 4.43. The average molecular weight is 454 g/mol. The number of nitrogens with zero attached hydrogens (tertiary/aromatic N) is 3. The first kappa shape index (κ1) is 22.8. The first-order chi connectivity index (χ1) is 15.9. The molecule has 2 fully saturated rings. The second-order valence-corrected chi connectivity index (χ2v) is 8.83. The molecule has 0 spiro atoms. The van der Waals surface area contributed by atoms with Crippen LogP contribution in [-0.2, 0) is 21.6 Å². The number of hydroxylamine groups is 2. The second kappa shape index (κ2) is 9.62. The lowest BCUT2D eigenvalue weighted by atomic mass is 9.64. The molecule has 4 rings (SSSR count). The normalized spacial score (nSPS) is 19.4. The number of anilines is 1. The topological polar surface area (TPSA) is 138 Å². The van der Waals surface area contributed by atoms with Gasteiger partial charge in [-0.05, 0) is 31.7 Å². The summed E-state index contributed by atoms with van der Waals surface area (Å²) in [6.45, 7) is 2.94. The van der Waals surface area contributed by atoms with Crippen molar-refractivity contribution >= 4 is 17.7 Å². The fraction of sp³-hybridized carbons (Fsp3) is 0.478. The Labute approximate surface area is 192 Å². The average Bonchev–Trinajstić information content (AvgIpc) is 2.78. The van der Waals surface area contributed by atoms with Gasteiger partial charge in [-0.15, -0.1) is 0 Å². The first-order valence-electron chi connectivity index (χ1n) is 11.3. The Morgan fingerprint density at radius 2 is 2.09 bits per heavy atom. The highest BCUT2D eigenvalue weighted by Gasteiger charge is 2.38. The van der Waals surface area contributed by atoms with Crippen LogP contribution in [0.25, 0.3) is 0 Å². The van der Waals surface area contributed by atoms with Crippen LogP contribution in [0.1, 0.15) is 36.9 Å². The molecule has 1 saturated heterocycles. The minimum absolute atomic E-state index is 0.0111. The van der Waals surface area contributed by atoms with Crippen LogP contribution < -0.4 is 21.9 Å². The molecule has 1 aliphatic heterocycles. The Hall–Kier alpha value is -3.40. The third kappa shape index (κ3) is 5.00. The molecule has 1 aromatic heterocycles. The molecule has 10 nitrogen and oxygen atoms in total. The van der Waals surface area contributed by atoms with E-state index in [1.807, 2.05) is 18.2 Å². The Morgan fingerprint density at radius 3 is 2.70 bits per heavy atom.